The zero-order chi connectivity index (χ0) is 14.9. The topological polar surface area (TPSA) is 56.7 Å². The number of nitrogens with one attached hydrogen (secondary N) is 2. The largest absolute Gasteiger partial charge is 0.357 e. The zero-order valence-corrected chi connectivity index (χ0v) is 13.4. The maximum Gasteiger partial charge on any atom is 0.244 e. The summed E-state index contributed by atoms with van der Waals surface area (Å²) in [4.78, 5) is 19.6. The lowest BCUT2D eigenvalue weighted by molar-refractivity contribution is -0.128. The Labute approximate surface area is 130 Å². The van der Waals surface area contributed by atoms with E-state index >= 15 is 0 Å². The molecule has 2 rings (SSSR count). The van der Waals surface area contributed by atoms with Gasteiger partial charge in [0.25, 0.3) is 0 Å². The van der Waals surface area contributed by atoms with Gasteiger partial charge < -0.3 is 15.5 Å². The first-order valence-corrected chi connectivity index (χ1v) is 8.50. The number of nitrogens with zero attached hydrogens (tertiary/aromatic N) is 2. The van der Waals surface area contributed by atoms with E-state index in [2.05, 4.69) is 33.1 Å². The predicted octanol–water partition coefficient (Wildman–Crippen LogP) is 1.47. The van der Waals surface area contributed by atoms with Crippen molar-refractivity contribution in [2.45, 2.75) is 26.2 Å². The lowest BCUT2D eigenvalue weighted by Gasteiger charge is -2.15. The molecule has 0 saturated carbocycles. The third kappa shape index (κ3) is 5.38. The van der Waals surface area contributed by atoms with Gasteiger partial charge in [-0.2, -0.15) is 0 Å². The van der Waals surface area contributed by atoms with Gasteiger partial charge in [0, 0.05) is 31.1 Å². The third-order valence-corrected chi connectivity index (χ3v) is 4.36. The zero-order valence-electron chi connectivity index (χ0n) is 12.6. The van der Waals surface area contributed by atoms with Crippen LogP contribution in [0.1, 0.15) is 24.6 Å². The summed E-state index contributed by atoms with van der Waals surface area (Å²) in [6.45, 7) is 5.65. The molecule has 21 heavy (non-hydrogen) atoms. The first-order valence-electron chi connectivity index (χ1n) is 7.62. The lowest BCUT2D eigenvalue weighted by Crippen LogP contribution is -2.39. The lowest BCUT2D eigenvalue weighted by atomic mass is 10.3. The molecule has 1 fully saturated rings. The molecule has 1 aliphatic heterocycles. The highest BCUT2D eigenvalue weighted by Crippen LogP contribution is 2.08. The number of carbonyl (C=O) groups is 1. The fraction of sp³-hybridized carbons (Fsp3) is 0.600. The first kappa shape index (κ1) is 15.8. The molecule has 1 aromatic rings. The maximum atomic E-state index is 12.0. The summed E-state index contributed by atoms with van der Waals surface area (Å²) < 4.78 is 0. The van der Waals surface area contributed by atoms with E-state index in [1.54, 1.807) is 11.3 Å². The molecule has 116 valence electrons. The van der Waals surface area contributed by atoms with E-state index in [1.807, 2.05) is 11.8 Å². The number of rotatable bonds is 6. The molecule has 1 aliphatic rings. The van der Waals surface area contributed by atoms with Gasteiger partial charge >= 0.3 is 0 Å². The number of thiophene rings is 1. The van der Waals surface area contributed by atoms with Crippen molar-refractivity contribution in [1.29, 1.82) is 0 Å². The van der Waals surface area contributed by atoms with Crippen molar-refractivity contribution in [2.24, 2.45) is 4.99 Å². The average Bonchev–Trinajstić information content (AvgIpc) is 3.17. The average molecular weight is 308 g/mol. The van der Waals surface area contributed by atoms with Crippen LogP contribution in [0.2, 0.25) is 0 Å². The van der Waals surface area contributed by atoms with Crippen molar-refractivity contribution in [3.8, 4) is 0 Å². The van der Waals surface area contributed by atoms with Crippen LogP contribution in [0.15, 0.2) is 22.5 Å². The molecule has 0 atom stereocenters. The Hall–Kier alpha value is -1.56. The van der Waals surface area contributed by atoms with E-state index in [-0.39, 0.29) is 12.5 Å². The Kier molecular flexibility index (Phi) is 6.53. The molecule has 1 amide bonds. The quantitative estimate of drug-likeness (QED) is 0.618. The monoisotopic (exact) mass is 308 g/mol. The van der Waals surface area contributed by atoms with Crippen LogP contribution < -0.4 is 10.6 Å². The summed E-state index contributed by atoms with van der Waals surface area (Å²) in [6.07, 6.45) is 3.21. The first-order chi connectivity index (χ1) is 10.3. The van der Waals surface area contributed by atoms with Gasteiger partial charge in [0.1, 0.15) is 6.54 Å². The minimum absolute atomic E-state index is 0.128. The summed E-state index contributed by atoms with van der Waals surface area (Å²) >= 11 is 1.76. The van der Waals surface area contributed by atoms with Gasteiger partial charge in [-0.25, -0.2) is 4.99 Å². The van der Waals surface area contributed by atoms with Crippen molar-refractivity contribution >= 4 is 23.2 Å². The molecule has 0 radical (unpaired) electrons. The Bertz CT molecular complexity index is 452. The van der Waals surface area contributed by atoms with Crippen molar-refractivity contribution in [2.75, 3.05) is 32.7 Å². The number of guanidine groups is 1. The van der Waals surface area contributed by atoms with Crippen LogP contribution in [0.4, 0.5) is 0 Å². The summed E-state index contributed by atoms with van der Waals surface area (Å²) in [7, 11) is 0. The number of hydrogen-bond donors (Lipinski definition) is 2. The Morgan fingerprint density at radius 2 is 2.19 bits per heavy atom. The van der Waals surface area contributed by atoms with Crippen LogP contribution in [0.25, 0.3) is 0 Å². The van der Waals surface area contributed by atoms with Crippen LogP contribution in [0.5, 0.6) is 0 Å². The smallest absolute Gasteiger partial charge is 0.244 e. The van der Waals surface area contributed by atoms with Gasteiger partial charge in [-0.05, 0) is 37.6 Å². The molecule has 1 aromatic heterocycles. The molecule has 2 heterocycles. The molecule has 5 nitrogen and oxygen atoms in total. The second-order valence-corrected chi connectivity index (χ2v) is 6.07. The molecule has 6 heteroatoms. The fourth-order valence-electron chi connectivity index (χ4n) is 2.31. The summed E-state index contributed by atoms with van der Waals surface area (Å²) in [5.41, 5.74) is 0. The number of hydrogen-bond acceptors (Lipinski definition) is 3. The predicted molar refractivity (Wildman–Crippen MR) is 87.8 cm³/mol. The minimum atomic E-state index is 0.128. The van der Waals surface area contributed by atoms with Crippen molar-refractivity contribution in [3.05, 3.63) is 22.4 Å². The number of aliphatic imine (C=N–C) groups is 1. The van der Waals surface area contributed by atoms with Crippen LogP contribution in [0, 0.1) is 0 Å². The molecule has 0 unspecified atom stereocenters. The van der Waals surface area contributed by atoms with Gasteiger partial charge in [-0.3, -0.25) is 4.79 Å². The van der Waals surface area contributed by atoms with Gasteiger partial charge in [0.05, 0.1) is 0 Å². The fourth-order valence-corrected chi connectivity index (χ4v) is 3.02. The van der Waals surface area contributed by atoms with Crippen LogP contribution in [-0.2, 0) is 11.2 Å². The highest BCUT2D eigenvalue weighted by molar-refractivity contribution is 7.09. The highest BCUT2D eigenvalue weighted by atomic mass is 32.1. The third-order valence-electron chi connectivity index (χ3n) is 3.42. The molecule has 0 spiro atoms. The maximum absolute atomic E-state index is 12.0. The van der Waals surface area contributed by atoms with Crippen molar-refractivity contribution in [3.63, 3.8) is 0 Å². The molecule has 2 N–H and O–H groups in total. The van der Waals surface area contributed by atoms with E-state index in [0.29, 0.717) is 0 Å². The summed E-state index contributed by atoms with van der Waals surface area (Å²) in [6, 6.07) is 4.20. The standard InChI is InChI=1S/C15H24N4OS/c1-2-16-15(17-8-7-13-6-5-11-21-13)18-12-14(20)19-9-3-4-10-19/h5-6,11H,2-4,7-10,12H2,1H3,(H2,16,17,18). The molecule has 0 aliphatic carbocycles. The Morgan fingerprint density at radius 3 is 2.86 bits per heavy atom. The Morgan fingerprint density at radius 1 is 1.38 bits per heavy atom. The second kappa shape index (κ2) is 8.67. The minimum Gasteiger partial charge on any atom is -0.357 e. The molecule has 0 aromatic carbocycles. The van der Waals surface area contributed by atoms with Crippen LogP contribution in [-0.4, -0.2) is 49.5 Å². The van der Waals surface area contributed by atoms with E-state index < -0.39 is 0 Å². The van der Waals surface area contributed by atoms with E-state index in [1.165, 1.54) is 4.88 Å². The van der Waals surface area contributed by atoms with Crippen LogP contribution in [0.3, 0.4) is 0 Å². The Balaban J connectivity index is 1.76. The molecular weight excluding hydrogens is 284 g/mol. The highest BCUT2D eigenvalue weighted by Gasteiger charge is 2.17. The number of likely N-dealkylation sites (tertiary alicyclic amines) is 1. The summed E-state index contributed by atoms with van der Waals surface area (Å²) in [5, 5.41) is 8.55. The number of carbonyl (C=O) groups excluding carboxylic acids is 1. The second-order valence-electron chi connectivity index (χ2n) is 5.04. The molecule has 0 bridgehead atoms. The normalized spacial score (nSPS) is 15.3. The van der Waals surface area contributed by atoms with E-state index in [0.717, 1.165) is 51.4 Å². The van der Waals surface area contributed by atoms with Crippen molar-refractivity contribution < 1.29 is 4.79 Å². The van der Waals surface area contributed by atoms with E-state index in [9.17, 15) is 4.79 Å². The molecular formula is C15H24N4OS. The van der Waals surface area contributed by atoms with Gasteiger partial charge in [0.15, 0.2) is 5.96 Å². The van der Waals surface area contributed by atoms with Gasteiger partial charge in [0.2, 0.25) is 5.91 Å². The summed E-state index contributed by atoms with van der Waals surface area (Å²) in [5.74, 6) is 0.851. The van der Waals surface area contributed by atoms with Crippen LogP contribution >= 0.6 is 11.3 Å². The van der Waals surface area contributed by atoms with Gasteiger partial charge in [-0.15, -0.1) is 11.3 Å². The SMILES string of the molecule is CCNC(=NCC(=O)N1CCCC1)NCCc1cccs1. The molecule has 1 saturated heterocycles. The number of amides is 1. The van der Waals surface area contributed by atoms with Crippen molar-refractivity contribution in [1.82, 2.24) is 15.5 Å². The van der Waals surface area contributed by atoms with Gasteiger partial charge in [-0.1, -0.05) is 6.07 Å². The van der Waals surface area contributed by atoms with E-state index in [4.69, 9.17) is 0 Å².